The average molecular weight is 414 g/mol. The number of nitrogens with zero attached hydrogens (tertiary/aromatic N) is 2. The van der Waals surface area contributed by atoms with Crippen LogP contribution in [0.15, 0.2) is 59.1 Å². The quantitative estimate of drug-likeness (QED) is 0.480. The van der Waals surface area contributed by atoms with Crippen LogP contribution >= 0.6 is 23.2 Å². The molecule has 0 atom stereocenters. The summed E-state index contributed by atoms with van der Waals surface area (Å²) in [5.74, 6) is 0.513. The second-order valence-electron chi connectivity index (χ2n) is 5.84. The number of amides is 1. The molecule has 0 bridgehead atoms. The summed E-state index contributed by atoms with van der Waals surface area (Å²) in [6, 6.07) is 13.4. The standard InChI is InChI=1S/C20H13Cl2N3O3/c1-27-16-7-5-11(9-14(16)22)19(26)24-15-10-12(4-6-13(15)21)20-25-18-17(28-20)3-2-8-23-18/h2-10H,1H3,(H,24,26). The van der Waals surface area contributed by atoms with Crippen LogP contribution in [0.4, 0.5) is 5.69 Å². The molecule has 0 aliphatic carbocycles. The molecule has 0 spiro atoms. The second-order valence-corrected chi connectivity index (χ2v) is 6.66. The number of hydrogen-bond acceptors (Lipinski definition) is 5. The van der Waals surface area contributed by atoms with Crippen LogP contribution in [0.25, 0.3) is 22.7 Å². The first-order valence-corrected chi connectivity index (χ1v) is 8.97. The highest BCUT2D eigenvalue weighted by molar-refractivity contribution is 6.34. The van der Waals surface area contributed by atoms with E-state index in [-0.39, 0.29) is 5.91 Å². The van der Waals surface area contributed by atoms with Crippen molar-refractivity contribution in [3.8, 4) is 17.2 Å². The first-order chi connectivity index (χ1) is 13.5. The molecule has 2 aromatic heterocycles. The van der Waals surface area contributed by atoms with Crippen molar-refractivity contribution in [2.75, 3.05) is 12.4 Å². The molecule has 1 amide bonds. The van der Waals surface area contributed by atoms with Gasteiger partial charge in [0.15, 0.2) is 11.2 Å². The number of oxazole rings is 1. The minimum Gasteiger partial charge on any atom is -0.495 e. The third kappa shape index (κ3) is 3.52. The van der Waals surface area contributed by atoms with Gasteiger partial charge in [-0.25, -0.2) is 4.98 Å². The molecule has 2 aromatic carbocycles. The van der Waals surface area contributed by atoms with Crippen molar-refractivity contribution in [1.29, 1.82) is 0 Å². The van der Waals surface area contributed by atoms with Gasteiger partial charge in [0.2, 0.25) is 5.89 Å². The zero-order chi connectivity index (χ0) is 19.7. The summed E-state index contributed by atoms with van der Waals surface area (Å²) < 4.78 is 10.8. The topological polar surface area (TPSA) is 77.2 Å². The van der Waals surface area contributed by atoms with Gasteiger partial charge >= 0.3 is 0 Å². The Balaban J connectivity index is 1.63. The molecular formula is C20H13Cl2N3O3. The van der Waals surface area contributed by atoms with E-state index in [4.69, 9.17) is 32.4 Å². The van der Waals surface area contributed by atoms with E-state index in [0.717, 1.165) is 0 Å². The van der Waals surface area contributed by atoms with Crippen LogP contribution in [-0.2, 0) is 0 Å². The van der Waals surface area contributed by atoms with E-state index in [2.05, 4.69) is 15.3 Å². The average Bonchev–Trinajstić information content (AvgIpc) is 3.13. The van der Waals surface area contributed by atoms with E-state index in [1.165, 1.54) is 13.2 Å². The molecule has 8 heteroatoms. The number of nitrogens with one attached hydrogen (secondary N) is 1. The number of aromatic nitrogens is 2. The predicted octanol–water partition coefficient (Wildman–Crippen LogP) is 5.46. The molecule has 28 heavy (non-hydrogen) atoms. The fourth-order valence-corrected chi connectivity index (χ4v) is 3.07. The van der Waals surface area contributed by atoms with Gasteiger partial charge in [-0.1, -0.05) is 23.2 Å². The number of halogens is 2. The Labute approximate surface area is 170 Å². The van der Waals surface area contributed by atoms with Gasteiger partial charge in [-0.05, 0) is 48.5 Å². The number of anilines is 1. The highest BCUT2D eigenvalue weighted by atomic mass is 35.5. The van der Waals surface area contributed by atoms with Crippen molar-refractivity contribution in [1.82, 2.24) is 9.97 Å². The Hall–Kier alpha value is -3.09. The van der Waals surface area contributed by atoms with E-state index in [1.54, 1.807) is 48.7 Å². The molecule has 140 valence electrons. The fourth-order valence-electron chi connectivity index (χ4n) is 2.65. The van der Waals surface area contributed by atoms with Crippen molar-refractivity contribution in [2.24, 2.45) is 0 Å². The number of methoxy groups -OCH3 is 1. The summed E-state index contributed by atoms with van der Waals surface area (Å²) in [6.07, 6.45) is 1.64. The first-order valence-electron chi connectivity index (χ1n) is 8.21. The molecule has 2 heterocycles. The van der Waals surface area contributed by atoms with Crippen LogP contribution in [-0.4, -0.2) is 23.0 Å². The molecule has 6 nitrogen and oxygen atoms in total. The van der Waals surface area contributed by atoms with E-state index in [0.29, 0.717) is 49.7 Å². The van der Waals surface area contributed by atoms with Gasteiger partial charge in [0.25, 0.3) is 5.91 Å². The zero-order valence-corrected chi connectivity index (χ0v) is 16.1. The number of carbonyl (C=O) groups excluding carboxylic acids is 1. The van der Waals surface area contributed by atoms with Gasteiger partial charge in [-0.2, -0.15) is 4.98 Å². The number of benzene rings is 2. The second kappa shape index (κ2) is 7.50. The van der Waals surface area contributed by atoms with Crippen molar-refractivity contribution in [3.63, 3.8) is 0 Å². The summed E-state index contributed by atoms with van der Waals surface area (Å²) in [4.78, 5) is 21.1. The molecule has 0 aliphatic heterocycles. The molecule has 1 N–H and O–H groups in total. The van der Waals surface area contributed by atoms with Crippen LogP contribution < -0.4 is 10.1 Å². The van der Waals surface area contributed by atoms with E-state index in [9.17, 15) is 4.79 Å². The van der Waals surface area contributed by atoms with Gasteiger partial charge < -0.3 is 14.5 Å². The lowest BCUT2D eigenvalue weighted by atomic mass is 10.1. The van der Waals surface area contributed by atoms with Crippen LogP contribution in [0.1, 0.15) is 10.4 Å². The number of rotatable bonds is 4. The molecular weight excluding hydrogens is 401 g/mol. The summed E-state index contributed by atoms with van der Waals surface area (Å²) in [5, 5.41) is 3.50. The summed E-state index contributed by atoms with van der Waals surface area (Å²) in [7, 11) is 1.51. The molecule has 0 unspecified atom stereocenters. The summed E-state index contributed by atoms with van der Waals surface area (Å²) in [6.45, 7) is 0. The lowest BCUT2D eigenvalue weighted by Crippen LogP contribution is -2.12. The van der Waals surface area contributed by atoms with Gasteiger partial charge in [-0.15, -0.1) is 0 Å². The van der Waals surface area contributed by atoms with Gasteiger partial charge in [-0.3, -0.25) is 4.79 Å². The lowest BCUT2D eigenvalue weighted by Gasteiger charge is -2.10. The molecule has 4 aromatic rings. The third-order valence-corrected chi connectivity index (χ3v) is 4.67. The highest BCUT2D eigenvalue weighted by Crippen LogP contribution is 2.31. The maximum atomic E-state index is 12.6. The van der Waals surface area contributed by atoms with Crippen molar-refractivity contribution >= 4 is 46.0 Å². The molecule has 0 aliphatic rings. The molecule has 0 saturated carbocycles. The Kier molecular flexibility index (Phi) is 4.90. The number of hydrogen-bond donors (Lipinski definition) is 1. The normalized spacial score (nSPS) is 10.8. The Morgan fingerprint density at radius 1 is 1.11 bits per heavy atom. The van der Waals surface area contributed by atoms with E-state index in [1.807, 2.05) is 0 Å². The van der Waals surface area contributed by atoms with Crippen LogP contribution in [0.5, 0.6) is 5.75 Å². The first kappa shape index (κ1) is 18.3. The largest absolute Gasteiger partial charge is 0.495 e. The zero-order valence-electron chi connectivity index (χ0n) is 14.6. The molecule has 0 fully saturated rings. The van der Waals surface area contributed by atoms with E-state index < -0.39 is 0 Å². The SMILES string of the molecule is COc1ccc(C(=O)Nc2cc(-c3nc4ncccc4o3)ccc2Cl)cc1Cl. The van der Waals surface area contributed by atoms with Crippen LogP contribution in [0.2, 0.25) is 10.0 Å². The Morgan fingerprint density at radius 2 is 1.96 bits per heavy atom. The smallest absolute Gasteiger partial charge is 0.255 e. The number of ether oxygens (including phenoxy) is 1. The van der Waals surface area contributed by atoms with Crippen molar-refractivity contribution in [3.05, 3.63) is 70.3 Å². The van der Waals surface area contributed by atoms with Crippen LogP contribution in [0.3, 0.4) is 0 Å². The summed E-state index contributed by atoms with van der Waals surface area (Å²) in [5.41, 5.74) is 2.53. The summed E-state index contributed by atoms with van der Waals surface area (Å²) >= 11 is 12.3. The van der Waals surface area contributed by atoms with Gasteiger partial charge in [0, 0.05) is 17.3 Å². The fraction of sp³-hybridized carbons (Fsp3) is 0.0500. The third-order valence-electron chi connectivity index (χ3n) is 4.04. The molecule has 4 rings (SSSR count). The number of carbonyl (C=O) groups is 1. The highest BCUT2D eigenvalue weighted by Gasteiger charge is 2.14. The van der Waals surface area contributed by atoms with Crippen molar-refractivity contribution < 1.29 is 13.9 Å². The number of pyridine rings is 1. The van der Waals surface area contributed by atoms with E-state index >= 15 is 0 Å². The van der Waals surface area contributed by atoms with Crippen molar-refractivity contribution in [2.45, 2.75) is 0 Å². The predicted molar refractivity (Wildman–Crippen MR) is 108 cm³/mol. The van der Waals surface area contributed by atoms with Gasteiger partial charge in [0.05, 0.1) is 22.8 Å². The monoisotopic (exact) mass is 413 g/mol. The maximum absolute atomic E-state index is 12.6. The maximum Gasteiger partial charge on any atom is 0.255 e. The molecule has 0 saturated heterocycles. The minimum atomic E-state index is -0.358. The lowest BCUT2D eigenvalue weighted by molar-refractivity contribution is 0.102. The molecule has 0 radical (unpaired) electrons. The van der Waals surface area contributed by atoms with Crippen LogP contribution in [0, 0.1) is 0 Å². The Bertz CT molecular complexity index is 1160. The number of fused-ring (bicyclic) bond motifs is 1. The Morgan fingerprint density at radius 3 is 2.71 bits per heavy atom. The minimum absolute atomic E-state index is 0.342. The van der Waals surface area contributed by atoms with Gasteiger partial charge in [0.1, 0.15) is 5.75 Å².